The van der Waals surface area contributed by atoms with E-state index >= 15 is 0 Å². The average Bonchev–Trinajstić information content (AvgIpc) is 3.09. The molecule has 0 N–H and O–H groups in total. The van der Waals surface area contributed by atoms with Crippen molar-refractivity contribution >= 4 is 17.7 Å². The van der Waals surface area contributed by atoms with Crippen molar-refractivity contribution in [2.24, 2.45) is 0 Å². The van der Waals surface area contributed by atoms with E-state index in [0.29, 0.717) is 23.6 Å². The van der Waals surface area contributed by atoms with E-state index < -0.39 is 5.92 Å². The number of thioether (sulfide) groups is 1. The molecule has 1 fully saturated rings. The van der Waals surface area contributed by atoms with Gasteiger partial charge >= 0.3 is 0 Å². The van der Waals surface area contributed by atoms with Crippen LogP contribution < -0.4 is 4.90 Å². The minimum Gasteiger partial charge on any atom is -0.341 e. The summed E-state index contributed by atoms with van der Waals surface area (Å²) < 4.78 is 28.6. The van der Waals surface area contributed by atoms with Gasteiger partial charge in [0.2, 0.25) is 5.95 Å². The Bertz CT molecular complexity index is 833. The van der Waals surface area contributed by atoms with Crippen molar-refractivity contribution in [1.29, 1.82) is 0 Å². The molecule has 124 valence electrons. The molecule has 24 heavy (non-hydrogen) atoms. The Labute approximate surface area is 143 Å². The highest BCUT2D eigenvalue weighted by Gasteiger charge is 2.43. The fourth-order valence-electron chi connectivity index (χ4n) is 3.64. The maximum Gasteiger partial charge on any atom is 0.290 e. The summed E-state index contributed by atoms with van der Waals surface area (Å²) in [6.45, 7) is 1.70. The number of nitrogens with zero attached hydrogens (tertiary/aromatic N) is 3. The molecule has 0 saturated carbocycles. The molecule has 1 aliphatic carbocycles. The lowest BCUT2D eigenvalue weighted by molar-refractivity contribution is -0.00593. The van der Waals surface area contributed by atoms with Crippen molar-refractivity contribution in [1.82, 2.24) is 9.97 Å². The van der Waals surface area contributed by atoms with Gasteiger partial charge in [-0.15, -0.1) is 11.8 Å². The molecule has 1 saturated heterocycles. The molecule has 0 bridgehead atoms. The first-order valence-electron chi connectivity index (χ1n) is 8.42. The van der Waals surface area contributed by atoms with Crippen molar-refractivity contribution in [3.05, 3.63) is 35.0 Å². The fraction of sp³-hybridized carbons (Fsp3) is 0.444. The highest BCUT2D eigenvalue weighted by atomic mass is 32.2. The summed E-state index contributed by atoms with van der Waals surface area (Å²) in [6.07, 6.45) is 2.30. The van der Waals surface area contributed by atoms with Crippen LogP contribution in [-0.4, -0.2) is 28.8 Å². The van der Waals surface area contributed by atoms with E-state index in [4.69, 9.17) is 4.98 Å². The van der Waals surface area contributed by atoms with Crippen LogP contribution in [0.15, 0.2) is 23.1 Å². The zero-order chi connectivity index (χ0) is 16.3. The first kappa shape index (κ1) is 14.6. The molecule has 2 aliphatic heterocycles. The third kappa shape index (κ3) is 2.15. The Morgan fingerprint density at radius 3 is 2.79 bits per heavy atom. The topological polar surface area (TPSA) is 29.0 Å². The summed E-state index contributed by atoms with van der Waals surface area (Å²) in [5, 5.41) is 0. The van der Waals surface area contributed by atoms with Crippen LogP contribution in [0.2, 0.25) is 0 Å². The van der Waals surface area contributed by atoms with Crippen LogP contribution in [0.4, 0.5) is 14.7 Å². The van der Waals surface area contributed by atoms with E-state index in [0.717, 1.165) is 37.2 Å². The van der Waals surface area contributed by atoms with E-state index in [2.05, 4.69) is 17.1 Å². The maximum atomic E-state index is 14.3. The van der Waals surface area contributed by atoms with Crippen LogP contribution in [-0.2, 0) is 18.8 Å². The number of hydrogen-bond acceptors (Lipinski definition) is 4. The highest BCUT2D eigenvalue weighted by molar-refractivity contribution is 7.99. The van der Waals surface area contributed by atoms with Gasteiger partial charge in [-0.1, -0.05) is 6.07 Å². The quantitative estimate of drug-likeness (QED) is 0.821. The third-order valence-corrected chi connectivity index (χ3v) is 6.25. The number of anilines is 1. The Balaban J connectivity index is 1.68. The van der Waals surface area contributed by atoms with Gasteiger partial charge in [0.05, 0.1) is 5.69 Å². The molecule has 3 nitrogen and oxygen atoms in total. The molecule has 3 aliphatic rings. The smallest absolute Gasteiger partial charge is 0.290 e. The van der Waals surface area contributed by atoms with Crippen LogP contribution in [0.3, 0.4) is 0 Å². The summed E-state index contributed by atoms with van der Waals surface area (Å²) in [7, 11) is 0. The number of aromatic nitrogens is 2. The van der Waals surface area contributed by atoms with Gasteiger partial charge in [0.1, 0.15) is 5.69 Å². The average molecular weight is 345 g/mol. The monoisotopic (exact) mass is 345 g/mol. The van der Waals surface area contributed by atoms with E-state index in [-0.39, 0.29) is 12.1 Å². The van der Waals surface area contributed by atoms with Gasteiger partial charge in [-0.3, -0.25) is 0 Å². The molecule has 0 atom stereocenters. The lowest BCUT2D eigenvalue weighted by Gasteiger charge is -2.31. The standard InChI is InChI=1S/C18H17F2N3S/c19-18(20)6-4-13-15(12-2-3-14-11(10-12)5-9-24-14)21-17(22-16(13)18)23-7-1-8-23/h2-3,10H,1,4-9H2. The number of halogens is 2. The molecule has 5 rings (SSSR count). The Hall–Kier alpha value is -1.69. The van der Waals surface area contributed by atoms with Crippen LogP contribution in [0.1, 0.15) is 29.7 Å². The van der Waals surface area contributed by atoms with Crippen LogP contribution in [0.5, 0.6) is 0 Å². The number of alkyl halides is 2. The molecule has 0 spiro atoms. The van der Waals surface area contributed by atoms with Gasteiger partial charge in [0.25, 0.3) is 5.92 Å². The number of aryl methyl sites for hydroxylation is 1. The van der Waals surface area contributed by atoms with Crippen LogP contribution in [0.25, 0.3) is 11.3 Å². The first-order chi connectivity index (χ1) is 11.6. The van der Waals surface area contributed by atoms with Gasteiger partial charge in [0.15, 0.2) is 0 Å². The summed E-state index contributed by atoms with van der Waals surface area (Å²) in [6, 6.07) is 6.26. The SMILES string of the molecule is FC1(F)CCc2c(-c3ccc4c(c3)CCS4)nc(N3CCC3)nc21. The molecule has 1 aromatic heterocycles. The molecule has 0 radical (unpaired) electrons. The first-order valence-corrected chi connectivity index (χ1v) is 9.41. The summed E-state index contributed by atoms with van der Waals surface area (Å²) in [4.78, 5) is 12.2. The largest absolute Gasteiger partial charge is 0.341 e. The molecule has 1 aromatic carbocycles. The number of rotatable bonds is 2. The third-order valence-electron chi connectivity index (χ3n) is 5.13. The predicted octanol–water partition coefficient (Wildman–Crippen LogP) is 4.04. The second-order valence-corrected chi connectivity index (χ2v) is 7.80. The van der Waals surface area contributed by atoms with Gasteiger partial charge in [-0.05, 0) is 37.0 Å². The minimum absolute atomic E-state index is 0.0516. The molecule has 2 aromatic rings. The van der Waals surface area contributed by atoms with E-state index in [1.54, 1.807) is 0 Å². The fourth-order valence-corrected chi connectivity index (χ4v) is 4.69. The molecule has 6 heteroatoms. The van der Waals surface area contributed by atoms with E-state index in [1.807, 2.05) is 22.7 Å². The number of benzene rings is 1. The minimum atomic E-state index is -2.83. The predicted molar refractivity (Wildman–Crippen MR) is 90.9 cm³/mol. The lowest BCUT2D eigenvalue weighted by atomic mass is 10.0. The highest BCUT2D eigenvalue weighted by Crippen LogP contribution is 2.45. The number of fused-ring (bicyclic) bond motifs is 2. The van der Waals surface area contributed by atoms with Crippen molar-refractivity contribution < 1.29 is 8.78 Å². The lowest BCUT2D eigenvalue weighted by Crippen LogP contribution is -2.38. The number of hydrogen-bond donors (Lipinski definition) is 0. The van der Waals surface area contributed by atoms with Crippen LogP contribution in [0, 0.1) is 0 Å². The van der Waals surface area contributed by atoms with Crippen LogP contribution >= 0.6 is 11.8 Å². The summed E-state index contributed by atoms with van der Waals surface area (Å²) >= 11 is 1.86. The molecular formula is C18H17F2N3S. The summed E-state index contributed by atoms with van der Waals surface area (Å²) in [5.74, 6) is -1.27. The molecule has 0 unspecified atom stereocenters. The van der Waals surface area contributed by atoms with E-state index in [1.165, 1.54) is 10.5 Å². The Morgan fingerprint density at radius 2 is 2.00 bits per heavy atom. The molecule has 3 heterocycles. The Kier molecular flexibility index (Phi) is 3.14. The van der Waals surface area contributed by atoms with Gasteiger partial charge in [-0.25, -0.2) is 9.97 Å². The van der Waals surface area contributed by atoms with Gasteiger partial charge in [0, 0.05) is 41.3 Å². The second-order valence-electron chi connectivity index (χ2n) is 6.67. The molecular weight excluding hydrogens is 328 g/mol. The zero-order valence-corrected chi connectivity index (χ0v) is 14.0. The van der Waals surface area contributed by atoms with Gasteiger partial charge in [-0.2, -0.15) is 8.78 Å². The Morgan fingerprint density at radius 1 is 1.12 bits per heavy atom. The zero-order valence-electron chi connectivity index (χ0n) is 13.2. The van der Waals surface area contributed by atoms with Gasteiger partial charge < -0.3 is 4.90 Å². The second kappa shape index (κ2) is 5.15. The normalized spacial score (nSPS) is 20.7. The van der Waals surface area contributed by atoms with Crippen molar-refractivity contribution in [2.45, 2.75) is 36.5 Å². The maximum absolute atomic E-state index is 14.3. The van der Waals surface area contributed by atoms with Crippen molar-refractivity contribution in [3.63, 3.8) is 0 Å². The van der Waals surface area contributed by atoms with E-state index in [9.17, 15) is 8.78 Å². The van der Waals surface area contributed by atoms with Crippen molar-refractivity contribution in [3.8, 4) is 11.3 Å². The summed E-state index contributed by atoms with van der Waals surface area (Å²) in [5.41, 5.74) is 3.55. The molecule has 0 amide bonds. The van der Waals surface area contributed by atoms with Crippen molar-refractivity contribution in [2.75, 3.05) is 23.7 Å².